The van der Waals surface area contributed by atoms with Gasteiger partial charge in [-0.15, -0.1) is 11.8 Å². The van der Waals surface area contributed by atoms with Crippen molar-refractivity contribution in [2.24, 2.45) is 0 Å². The van der Waals surface area contributed by atoms with E-state index < -0.39 is 0 Å². The van der Waals surface area contributed by atoms with Gasteiger partial charge in [0, 0.05) is 4.90 Å². The number of thioether (sulfide) groups is 1. The molecule has 0 aromatic heterocycles. The van der Waals surface area contributed by atoms with Gasteiger partial charge >= 0.3 is 0 Å². The van der Waals surface area contributed by atoms with Crippen molar-refractivity contribution in [3.63, 3.8) is 0 Å². The summed E-state index contributed by atoms with van der Waals surface area (Å²) in [5.74, 6) is 0.563. The van der Waals surface area contributed by atoms with Gasteiger partial charge in [0.1, 0.15) is 4.75 Å². The molecule has 1 aromatic carbocycles. The van der Waals surface area contributed by atoms with Crippen LogP contribution in [0, 0.1) is 11.3 Å². The van der Waals surface area contributed by atoms with Crippen LogP contribution < -0.4 is 0 Å². The second kappa shape index (κ2) is 4.72. The van der Waals surface area contributed by atoms with Gasteiger partial charge in [0.2, 0.25) is 0 Å². The molecular weight excluding hydrogens is 202 g/mol. The van der Waals surface area contributed by atoms with Crippen LogP contribution in [0.1, 0.15) is 39.2 Å². The lowest BCUT2D eigenvalue weighted by Crippen LogP contribution is -2.09. The summed E-state index contributed by atoms with van der Waals surface area (Å²) in [5.41, 5.74) is 1.34. The van der Waals surface area contributed by atoms with Crippen LogP contribution in [0.25, 0.3) is 0 Å². The Labute approximate surface area is 96.5 Å². The van der Waals surface area contributed by atoms with Gasteiger partial charge in [0.15, 0.2) is 0 Å². The van der Waals surface area contributed by atoms with E-state index in [0.29, 0.717) is 5.92 Å². The molecule has 0 amide bonds. The fourth-order valence-corrected chi connectivity index (χ4v) is 2.15. The zero-order valence-corrected chi connectivity index (χ0v) is 10.6. The van der Waals surface area contributed by atoms with E-state index in [4.69, 9.17) is 5.26 Å². The fourth-order valence-electron chi connectivity index (χ4n) is 1.24. The standard InChI is InChI=1S/C13H17NS/c1-10(2)11-5-7-12(8-6-11)15-13(3,4)9-14/h5-8,10H,1-4H3. The monoisotopic (exact) mass is 219 g/mol. The molecule has 0 heterocycles. The first-order valence-corrected chi connectivity index (χ1v) is 5.96. The molecule has 0 fully saturated rings. The van der Waals surface area contributed by atoms with Crippen molar-refractivity contribution < 1.29 is 0 Å². The van der Waals surface area contributed by atoms with Crippen LogP contribution in [0.5, 0.6) is 0 Å². The van der Waals surface area contributed by atoms with Gasteiger partial charge in [-0.1, -0.05) is 26.0 Å². The molecule has 0 atom stereocenters. The van der Waals surface area contributed by atoms with Crippen LogP contribution >= 0.6 is 11.8 Å². The predicted molar refractivity (Wildman–Crippen MR) is 66.1 cm³/mol. The van der Waals surface area contributed by atoms with Gasteiger partial charge in [-0.2, -0.15) is 5.26 Å². The van der Waals surface area contributed by atoms with Gasteiger partial charge in [-0.25, -0.2) is 0 Å². The average molecular weight is 219 g/mol. The summed E-state index contributed by atoms with van der Waals surface area (Å²) in [6.45, 7) is 8.24. The third-order valence-electron chi connectivity index (χ3n) is 2.19. The number of nitriles is 1. The maximum atomic E-state index is 8.93. The van der Waals surface area contributed by atoms with Crippen molar-refractivity contribution >= 4 is 11.8 Å². The number of hydrogen-bond acceptors (Lipinski definition) is 2. The first-order valence-electron chi connectivity index (χ1n) is 5.15. The summed E-state index contributed by atoms with van der Waals surface area (Å²) in [6, 6.07) is 10.8. The quantitative estimate of drug-likeness (QED) is 0.711. The summed E-state index contributed by atoms with van der Waals surface area (Å²) in [6.07, 6.45) is 0. The molecule has 0 bridgehead atoms. The lowest BCUT2D eigenvalue weighted by molar-refractivity contribution is 0.864. The Morgan fingerprint density at radius 3 is 2.13 bits per heavy atom. The van der Waals surface area contributed by atoms with Gasteiger partial charge < -0.3 is 0 Å². The Morgan fingerprint density at radius 2 is 1.73 bits per heavy atom. The lowest BCUT2D eigenvalue weighted by Gasteiger charge is -2.14. The third kappa shape index (κ3) is 3.60. The van der Waals surface area contributed by atoms with E-state index in [-0.39, 0.29) is 4.75 Å². The number of nitrogens with zero attached hydrogens (tertiary/aromatic N) is 1. The van der Waals surface area contributed by atoms with Crippen molar-refractivity contribution in [2.75, 3.05) is 0 Å². The minimum absolute atomic E-state index is 0.348. The highest BCUT2D eigenvalue weighted by Crippen LogP contribution is 2.32. The fraction of sp³-hybridized carbons (Fsp3) is 0.462. The molecular formula is C13H17NS. The van der Waals surface area contributed by atoms with Crippen LogP contribution in [0.2, 0.25) is 0 Å². The van der Waals surface area contributed by atoms with E-state index in [9.17, 15) is 0 Å². The molecule has 0 N–H and O–H groups in total. The molecule has 1 nitrogen and oxygen atoms in total. The highest BCUT2D eigenvalue weighted by Gasteiger charge is 2.17. The Balaban J connectivity index is 2.78. The molecule has 2 heteroatoms. The molecule has 0 unspecified atom stereocenters. The molecule has 0 aliphatic carbocycles. The first kappa shape index (κ1) is 12.1. The molecule has 15 heavy (non-hydrogen) atoms. The van der Waals surface area contributed by atoms with Crippen LogP contribution in [0.4, 0.5) is 0 Å². The van der Waals surface area contributed by atoms with E-state index in [1.54, 1.807) is 11.8 Å². The summed E-state index contributed by atoms with van der Waals surface area (Å²) in [5, 5.41) is 8.93. The maximum Gasteiger partial charge on any atom is 0.101 e. The minimum atomic E-state index is -0.348. The normalized spacial score (nSPS) is 11.5. The molecule has 0 radical (unpaired) electrons. The highest BCUT2D eigenvalue weighted by atomic mass is 32.2. The largest absolute Gasteiger partial charge is 0.197 e. The highest BCUT2D eigenvalue weighted by molar-refractivity contribution is 8.00. The molecule has 0 aliphatic heterocycles. The molecule has 1 aromatic rings. The van der Waals surface area contributed by atoms with E-state index in [1.165, 1.54) is 5.56 Å². The number of benzene rings is 1. The lowest BCUT2D eigenvalue weighted by atomic mass is 10.0. The Kier molecular flexibility index (Phi) is 3.82. The summed E-state index contributed by atoms with van der Waals surface area (Å²) < 4.78 is -0.348. The molecule has 0 spiro atoms. The van der Waals surface area contributed by atoms with Crippen molar-refractivity contribution in [1.82, 2.24) is 0 Å². The topological polar surface area (TPSA) is 23.8 Å². The Bertz CT molecular complexity index is 357. The summed E-state index contributed by atoms with van der Waals surface area (Å²) in [7, 11) is 0. The second-order valence-electron chi connectivity index (χ2n) is 4.45. The van der Waals surface area contributed by atoms with Gasteiger partial charge in [-0.05, 0) is 37.5 Å². The third-order valence-corrected chi connectivity index (χ3v) is 3.30. The van der Waals surface area contributed by atoms with E-state index in [2.05, 4.69) is 44.2 Å². The van der Waals surface area contributed by atoms with Crippen LogP contribution in [-0.4, -0.2) is 4.75 Å². The predicted octanol–water partition coefficient (Wildman–Crippen LogP) is 4.20. The zero-order valence-electron chi connectivity index (χ0n) is 9.74. The molecule has 1 rings (SSSR count). The molecule has 80 valence electrons. The average Bonchev–Trinajstić information content (AvgIpc) is 2.18. The van der Waals surface area contributed by atoms with Crippen LogP contribution in [0.15, 0.2) is 29.2 Å². The van der Waals surface area contributed by atoms with Crippen molar-refractivity contribution in [3.8, 4) is 6.07 Å². The second-order valence-corrected chi connectivity index (χ2v) is 6.14. The molecule has 0 saturated carbocycles. The SMILES string of the molecule is CC(C)c1ccc(SC(C)(C)C#N)cc1. The van der Waals surface area contributed by atoms with Crippen molar-refractivity contribution in [3.05, 3.63) is 29.8 Å². The summed E-state index contributed by atoms with van der Waals surface area (Å²) in [4.78, 5) is 1.16. The summed E-state index contributed by atoms with van der Waals surface area (Å²) >= 11 is 1.61. The van der Waals surface area contributed by atoms with Crippen LogP contribution in [-0.2, 0) is 0 Å². The smallest absolute Gasteiger partial charge is 0.101 e. The number of hydrogen-bond donors (Lipinski definition) is 0. The van der Waals surface area contributed by atoms with Crippen LogP contribution in [0.3, 0.4) is 0 Å². The number of rotatable bonds is 3. The Morgan fingerprint density at radius 1 is 1.20 bits per heavy atom. The van der Waals surface area contributed by atoms with Gasteiger partial charge in [-0.3, -0.25) is 0 Å². The van der Waals surface area contributed by atoms with Gasteiger partial charge in [0.05, 0.1) is 6.07 Å². The van der Waals surface area contributed by atoms with Crippen molar-refractivity contribution in [1.29, 1.82) is 5.26 Å². The first-order chi connectivity index (χ1) is 6.94. The van der Waals surface area contributed by atoms with Gasteiger partial charge in [0.25, 0.3) is 0 Å². The maximum absolute atomic E-state index is 8.93. The molecule has 0 saturated heterocycles. The van der Waals surface area contributed by atoms with E-state index >= 15 is 0 Å². The van der Waals surface area contributed by atoms with E-state index in [1.807, 2.05) is 13.8 Å². The molecule has 0 aliphatic rings. The van der Waals surface area contributed by atoms with E-state index in [0.717, 1.165) is 4.90 Å². The minimum Gasteiger partial charge on any atom is -0.197 e. The zero-order chi connectivity index (χ0) is 11.5. The Hall–Kier alpha value is -0.940. The van der Waals surface area contributed by atoms with Crippen molar-refractivity contribution in [2.45, 2.75) is 43.3 Å².